The van der Waals surface area contributed by atoms with Gasteiger partial charge in [0.15, 0.2) is 0 Å². The highest BCUT2D eigenvalue weighted by Crippen LogP contribution is 2.20. The molecule has 1 aliphatic heterocycles. The van der Waals surface area contributed by atoms with Gasteiger partial charge in [0.05, 0.1) is 12.1 Å². The minimum atomic E-state index is 0.472. The third kappa shape index (κ3) is 3.74. The molecule has 126 valence electrons. The second-order valence-corrected chi connectivity index (χ2v) is 6.18. The molecular weight excluding hydrogens is 302 g/mol. The van der Waals surface area contributed by atoms with Gasteiger partial charge in [-0.25, -0.2) is 9.67 Å². The maximum absolute atomic E-state index is 9.11. The second-order valence-electron chi connectivity index (χ2n) is 6.18. The number of para-hydroxylation sites is 1. The van der Waals surface area contributed by atoms with Crippen LogP contribution in [0.5, 0.6) is 5.75 Å². The maximum Gasteiger partial charge on any atom is 0.147 e. The van der Waals surface area contributed by atoms with Gasteiger partial charge in [0.25, 0.3) is 0 Å². The van der Waals surface area contributed by atoms with E-state index in [2.05, 4.69) is 21.1 Å². The fourth-order valence-corrected chi connectivity index (χ4v) is 3.29. The first-order valence-corrected chi connectivity index (χ1v) is 8.41. The van der Waals surface area contributed by atoms with Crippen molar-refractivity contribution in [3.63, 3.8) is 0 Å². The Kier molecular flexibility index (Phi) is 5.11. The van der Waals surface area contributed by atoms with Crippen molar-refractivity contribution in [1.29, 1.82) is 5.26 Å². The van der Waals surface area contributed by atoms with Crippen molar-refractivity contribution < 1.29 is 4.74 Å². The van der Waals surface area contributed by atoms with Gasteiger partial charge in [0.2, 0.25) is 0 Å². The summed E-state index contributed by atoms with van der Waals surface area (Å²) in [4.78, 5) is 6.83. The zero-order valence-electron chi connectivity index (χ0n) is 14.3. The van der Waals surface area contributed by atoms with Gasteiger partial charge in [-0.05, 0) is 45.4 Å². The number of nitrogens with zero attached hydrogens (tertiary/aromatic N) is 5. The first kappa shape index (κ1) is 16.5. The molecule has 1 aromatic heterocycles. The number of ether oxygens (including phenoxy) is 1. The summed E-state index contributed by atoms with van der Waals surface area (Å²) < 4.78 is 7.82. The Morgan fingerprint density at radius 1 is 1.33 bits per heavy atom. The van der Waals surface area contributed by atoms with E-state index in [0.29, 0.717) is 24.0 Å². The van der Waals surface area contributed by atoms with E-state index in [9.17, 15) is 0 Å². The molecule has 1 aromatic carbocycles. The highest BCUT2D eigenvalue weighted by molar-refractivity contribution is 5.42. The van der Waals surface area contributed by atoms with Crippen LogP contribution in [0.1, 0.15) is 30.1 Å². The Labute approximate surface area is 142 Å². The number of nitriles is 1. The molecule has 0 amide bonds. The normalized spacial score (nSPS) is 17.8. The molecule has 1 aliphatic rings. The van der Waals surface area contributed by atoms with Crippen molar-refractivity contribution in [2.24, 2.45) is 0 Å². The van der Waals surface area contributed by atoms with Crippen molar-refractivity contribution >= 4 is 0 Å². The van der Waals surface area contributed by atoms with Crippen molar-refractivity contribution in [1.82, 2.24) is 19.7 Å². The molecule has 0 saturated carbocycles. The second kappa shape index (κ2) is 7.45. The fourth-order valence-electron chi connectivity index (χ4n) is 3.29. The summed E-state index contributed by atoms with van der Waals surface area (Å²) in [5.74, 6) is 2.46. The van der Waals surface area contributed by atoms with Gasteiger partial charge in [0, 0.05) is 12.6 Å². The number of likely N-dealkylation sites (tertiary alicyclic amines) is 1. The fraction of sp³-hybridized carbons (Fsp3) is 0.500. The van der Waals surface area contributed by atoms with Crippen LogP contribution in [0, 0.1) is 25.2 Å². The predicted molar refractivity (Wildman–Crippen MR) is 90.7 cm³/mol. The molecule has 0 aliphatic carbocycles. The molecule has 24 heavy (non-hydrogen) atoms. The predicted octanol–water partition coefficient (Wildman–Crippen LogP) is 2.31. The van der Waals surface area contributed by atoms with Crippen LogP contribution < -0.4 is 4.74 Å². The Hall–Kier alpha value is -2.39. The molecule has 1 fully saturated rings. The number of hydrogen-bond acceptors (Lipinski definition) is 5. The van der Waals surface area contributed by atoms with Crippen molar-refractivity contribution in [2.45, 2.75) is 39.3 Å². The van der Waals surface area contributed by atoms with Crippen LogP contribution in [0.15, 0.2) is 24.3 Å². The first-order chi connectivity index (χ1) is 11.7. The molecule has 0 bridgehead atoms. The highest BCUT2D eigenvalue weighted by atomic mass is 16.5. The van der Waals surface area contributed by atoms with Gasteiger partial charge in [-0.3, -0.25) is 4.90 Å². The standard InChI is InChI=1S/C18H23N5O/c1-14-20-15(2)23(21-14)13-17-7-5-9-22(17)10-11-24-18-8-4-3-6-16(18)12-19/h3-4,6,8,17H,5,7,9-11,13H2,1-2H3/t17-/m0/s1. The summed E-state index contributed by atoms with van der Waals surface area (Å²) in [7, 11) is 0. The smallest absolute Gasteiger partial charge is 0.147 e. The van der Waals surface area contributed by atoms with Crippen molar-refractivity contribution in [3.8, 4) is 11.8 Å². The lowest BCUT2D eigenvalue weighted by Crippen LogP contribution is -2.36. The number of aryl methyl sites for hydroxylation is 2. The van der Waals surface area contributed by atoms with E-state index in [0.717, 1.165) is 31.3 Å². The lowest BCUT2D eigenvalue weighted by atomic mass is 10.2. The van der Waals surface area contributed by atoms with E-state index < -0.39 is 0 Å². The van der Waals surface area contributed by atoms with Crippen LogP contribution >= 0.6 is 0 Å². The third-order valence-electron chi connectivity index (χ3n) is 4.49. The van der Waals surface area contributed by atoms with E-state index in [-0.39, 0.29) is 0 Å². The Morgan fingerprint density at radius 2 is 2.17 bits per heavy atom. The summed E-state index contributed by atoms with van der Waals surface area (Å²) in [5.41, 5.74) is 0.587. The molecule has 3 rings (SSSR count). The average molecular weight is 325 g/mol. The number of hydrogen-bond donors (Lipinski definition) is 0. The minimum Gasteiger partial charge on any atom is -0.491 e. The van der Waals surface area contributed by atoms with Gasteiger partial charge in [0.1, 0.15) is 30.1 Å². The van der Waals surface area contributed by atoms with Crippen molar-refractivity contribution in [2.75, 3.05) is 19.7 Å². The summed E-state index contributed by atoms with van der Waals surface area (Å²) in [6.45, 7) is 7.33. The molecule has 6 heteroatoms. The maximum atomic E-state index is 9.11. The summed E-state index contributed by atoms with van der Waals surface area (Å²) in [5, 5.41) is 13.6. The zero-order valence-corrected chi connectivity index (χ0v) is 14.3. The number of benzene rings is 1. The first-order valence-electron chi connectivity index (χ1n) is 8.41. The molecule has 2 aromatic rings. The van der Waals surface area contributed by atoms with Crippen LogP contribution in [0.2, 0.25) is 0 Å². The lowest BCUT2D eigenvalue weighted by Gasteiger charge is -2.24. The van der Waals surface area contributed by atoms with Gasteiger partial charge in [-0.1, -0.05) is 12.1 Å². The molecule has 1 saturated heterocycles. The van der Waals surface area contributed by atoms with Gasteiger partial charge in [-0.2, -0.15) is 10.4 Å². The number of aromatic nitrogens is 3. The van der Waals surface area contributed by atoms with Crippen molar-refractivity contribution in [3.05, 3.63) is 41.5 Å². The Morgan fingerprint density at radius 3 is 2.92 bits per heavy atom. The zero-order chi connectivity index (χ0) is 16.9. The Bertz CT molecular complexity index is 733. The molecule has 6 nitrogen and oxygen atoms in total. The van der Waals surface area contributed by atoms with E-state index in [4.69, 9.17) is 10.00 Å². The molecule has 0 N–H and O–H groups in total. The third-order valence-corrected chi connectivity index (χ3v) is 4.49. The van der Waals surface area contributed by atoms with E-state index in [1.54, 1.807) is 6.07 Å². The van der Waals surface area contributed by atoms with Gasteiger partial charge < -0.3 is 4.74 Å². The molecule has 0 unspecified atom stereocenters. The van der Waals surface area contributed by atoms with Gasteiger partial charge >= 0.3 is 0 Å². The van der Waals surface area contributed by atoms with Gasteiger partial charge in [-0.15, -0.1) is 0 Å². The monoisotopic (exact) mass is 325 g/mol. The summed E-state index contributed by atoms with van der Waals surface area (Å²) in [6.07, 6.45) is 2.37. The Balaban J connectivity index is 1.55. The summed E-state index contributed by atoms with van der Waals surface area (Å²) >= 11 is 0. The molecule has 0 spiro atoms. The van der Waals surface area contributed by atoms with E-state index in [1.165, 1.54) is 12.8 Å². The molecule has 2 heterocycles. The molecule has 1 atom stereocenters. The van der Waals surface area contributed by atoms with Crippen LogP contribution in [-0.2, 0) is 6.54 Å². The van der Waals surface area contributed by atoms with Crippen LogP contribution in [0.3, 0.4) is 0 Å². The summed E-state index contributed by atoms with van der Waals surface area (Å²) in [6, 6.07) is 10.0. The highest BCUT2D eigenvalue weighted by Gasteiger charge is 2.25. The molecule has 0 radical (unpaired) electrons. The SMILES string of the molecule is Cc1nc(C)n(C[C@@H]2CCCN2CCOc2ccccc2C#N)n1. The largest absolute Gasteiger partial charge is 0.491 e. The van der Waals surface area contributed by atoms with E-state index in [1.807, 2.05) is 36.7 Å². The van der Waals surface area contributed by atoms with Crippen LogP contribution in [0.4, 0.5) is 0 Å². The van der Waals surface area contributed by atoms with E-state index >= 15 is 0 Å². The minimum absolute atomic E-state index is 0.472. The lowest BCUT2D eigenvalue weighted by molar-refractivity contribution is 0.181. The molecular formula is C18H23N5O. The topological polar surface area (TPSA) is 67.0 Å². The number of rotatable bonds is 6. The van der Waals surface area contributed by atoms with Crippen LogP contribution in [-0.4, -0.2) is 45.4 Å². The average Bonchev–Trinajstić information content (AvgIpc) is 3.14. The van der Waals surface area contributed by atoms with Crippen LogP contribution in [0.25, 0.3) is 0 Å². The quantitative estimate of drug-likeness (QED) is 0.815.